The highest BCUT2D eigenvalue weighted by molar-refractivity contribution is 7.91. The van der Waals surface area contributed by atoms with Crippen LogP contribution in [0.15, 0.2) is 18.2 Å². The Labute approximate surface area is 135 Å². The summed E-state index contributed by atoms with van der Waals surface area (Å²) in [4.78, 5) is 2.07. The van der Waals surface area contributed by atoms with Gasteiger partial charge in [0, 0.05) is 19.1 Å². The Morgan fingerprint density at radius 2 is 1.87 bits per heavy atom. The molecule has 0 spiro atoms. The summed E-state index contributed by atoms with van der Waals surface area (Å²) in [5.41, 5.74) is 0.656. The van der Waals surface area contributed by atoms with Crippen molar-refractivity contribution in [3.63, 3.8) is 0 Å². The van der Waals surface area contributed by atoms with Gasteiger partial charge in [0.1, 0.15) is 9.84 Å². The first kappa shape index (κ1) is 16.8. The van der Waals surface area contributed by atoms with E-state index in [-0.39, 0.29) is 23.5 Å². The molecule has 0 saturated carbocycles. The van der Waals surface area contributed by atoms with Gasteiger partial charge in [-0.1, -0.05) is 6.07 Å². The molecule has 2 heterocycles. The molecule has 128 valence electrons. The van der Waals surface area contributed by atoms with E-state index in [0.29, 0.717) is 37.9 Å². The van der Waals surface area contributed by atoms with Crippen LogP contribution in [0.4, 0.5) is 8.78 Å². The first-order valence-electron chi connectivity index (χ1n) is 7.91. The van der Waals surface area contributed by atoms with E-state index in [1.807, 2.05) is 0 Å². The summed E-state index contributed by atoms with van der Waals surface area (Å²) in [6.07, 6.45) is 1.23. The average Bonchev–Trinajstić information content (AvgIpc) is 2.85. The number of benzene rings is 1. The molecule has 1 N–H and O–H groups in total. The third-order valence-electron chi connectivity index (χ3n) is 4.88. The molecule has 0 aliphatic carbocycles. The van der Waals surface area contributed by atoms with Gasteiger partial charge in [-0.25, -0.2) is 17.2 Å². The number of hydrogen-bond acceptors (Lipinski definition) is 4. The predicted molar refractivity (Wildman–Crippen MR) is 82.7 cm³/mol. The molecule has 7 heteroatoms. The molecular formula is C16H21F2NO3S. The Bertz CT molecular complexity index is 666. The number of rotatable bonds is 3. The molecule has 0 radical (unpaired) electrons. The maximum absolute atomic E-state index is 13.5. The minimum absolute atomic E-state index is 0.154. The molecule has 3 rings (SSSR count). The lowest BCUT2D eigenvalue weighted by molar-refractivity contribution is 0.163. The lowest BCUT2D eigenvalue weighted by Crippen LogP contribution is -2.34. The molecule has 2 saturated heterocycles. The smallest absolute Gasteiger partial charge is 0.159 e. The summed E-state index contributed by atoms with van der Waals surface area (Å²) in [6, 6.07) is 3.70. The number of aliphatic hydroxyl groups excluding tert-OH is 1. The molecule has 2 fully saturated rings. The van der Waals surface area contributed by atoms with Gasteiger partial charge in [0.15, 0.2) is 11.6 Å². The molecule has 2 atom stereocenters. The van der Waals surface area contributed by atoms with Gasteiger partial charge in [-0.3, -0.25) is 4.90 Å². The zero-order valence-electron chi connectivity index (χ0n) is 12.8. The summed E-state index contributed by atoms with van der Waals surface area (Å²) in [5.74, 6) is -1.08. The summed E-state index contributed by atoms with van der Waals surface area (Å²) >= 11 is 0. The van der Waals surface area contributed by atoms with Crippen molar-refractivity contribution < 1.29 is 22.3 Å². The molecule has 0 unspecified atom stereocenters. The second-order valence-corrected chi connectivity index (χ2v) is 8.93. The van der Waals surface area contributed by atoms with Crippen LogP contribution in [0.25, 0.3) is 0 Å². The zero-order valence-corrected chi connectivity index (χ0v) is 13.6. The minimum Gasteiger partial charge on any atom is -0.392 e. The quantitative estimate of drug-likeness (QED) is 0.909. The van der Waals surface area contributed by atoms with E-state index in [1.165, 1.54) is 6.07 Å². The summed E-state index contributed by atoms with van der Waals surface area (Å²) in [7, 11) is -2.90. The number of sulfone groups is 1. The van der Waals surface area contributed by atoms with Crippen LogP contribution >= 0.6 is 0 Å². The SMILES string of the molecule is O=S1(=O)CCC(CN2C[C@@H](O)C[C@H]2c2ccc(F)c(F)c2)CC1. The van der Waals surface area contributed by atoms with Gasteiger partial charge in [-0.05, 0) is 42.9 Å². The van der Waals surface area contributed by atoms with Crippen LogP contribution in [0, 0.1) is 17.6 Å². The van der Waals surface area contributed by atoms with Gasteiger partial charge in [0.25, 0.3) is 0 Å². The molecule has 0 bridgehead atoms. The Morgan fingerprint density at radius 3 is 2.52 bits per heavy atom. The Balaban J connectivity index is 1.71. The second-order valence-electron chi connectivity index (χ2n) is 6.63. The number of aliphatic hydroxyl groups is 1. The van der Waals surface area contributed by atoms with Crippen LogP contribution in [0.1, 0.15) is 30.9 Å². The van der Waals surface area contributed by atoms with Crippen molar-refractivity contribution in [2.45, 2.75) is 31.4 Å². The maximum atomic E-state index is 13.5. The van der Waals surface area contributed by atoms with E-state index in [1.54, 1.807) is 6.07 Å². The Kier molecular flexibility index (Phi) is 4.71. The largest absolute Gasteiger partial charge is 0.392 e. The monoisotopic (exact) mass is 345 g/mol. The molecule has 0 amide bonds. The van der Waals surface area contributed by atoms with E-state index in [4.69, 9.17) is 0 Å². The van der Waals surface area contributed by atoms with Crippen molar-refractivity contribution in [3.8, 4) is 0 Å². The van der Waals surface area contributed by atoms with E-state index in [9.17, 15) is 22.3 Å². The zero-order chi connectivity index (χ0) is 16.6. The van der Waals surface area contributed by atoms with Crippen molar-refractivity contribution in [3.05, 3.63) is 35.4 Å². The first-order valence-corrected chi connectivity index (χ1v) is 9.74. The normalized spacial score (nSPS) is 29.0. The minimum atomic E-state index is -2.90. The lowest BCUT2D eigenvalue weighted by atomic mass is 9.99. The van der Waals surface area contributed by atoms with Crippen molar-refractivity contribution in [1.29, 1.82) is 0 Å². The average molecular weight is 345 g/mol. The van der Waals surface area contributed by atoms with Crippen LogP contribution in [0.5, 0.6) is 0 Å². The molecule has 23 heavy (non-hydrogen) atoms. The number of β-amino-alcohol motifs (C(OH)–C–C–N with tert-alkyl or cyclic N) is 1. The van der Waals surface area contributed by atoms with Crippen LogP contribution in [-0.2, 0) is 9.84 Å². The van der Waals surface area contributed by atoms with Crippen LogP contribution in [-0.4, -0.2) is 49.1 Å². The molecule has 4 nitrogen and oxygen atoms in total. The van der Waals surface area contributed by atoms with Gasteiger partial charge in [0.2, 0.25) is 0 Å². The van der Waals surface area contributed by atoms with E-state index in [2.05, 4.69) is 4.90 Å². The van der Waals surface area contributed by atoms with Gasteiger partial charge in [-0.15, -0.1) is 0 Å². The molecule has 1 aromatic rings. The van der Waals surface area contributed by atoms with Crippen LogP contribution in [0.2, 0.25) is 0 Å². The second kappa shape index (κ2) is 6.45. The predicted octanol–water partition coefficient (Wildman–Crippen LogP) is 1.90. The molecule has 0 aromatic heterocycles. The number of halogens is 2. The van der Waals surface area contributed by atoms with Crippen molar-refractivity contribution in [1.82, 2.24) is 4.90 Å². The maximum Gasteiger partial charge on any atom is 0.159 e. The molecule has 2 aliphatic rings. The highest BCUT2D eigenvalue weighted by Gasteiger charge is 2.35. The third kappa shape index (κ3) is 3.89. The van der Waals surface area contributed by atoms with Crippen molar-refractivity contribution in [2.24, 2.45) is 5.92 Å². The highest BCUT2D eigenvalue weighted by atomic mass is 32.2. The fourth-order valence-electron chi connectivity index (χ4n) is 3.60. The lowest BCUT2D eigenvalue weighted by Gasteiger charge is -2.31. The Morgan fingerprint density at radius 1 is 1.17 bits per heavy atom. The van der Waals surface area contributed by atoms with Gasteiger partial charge in [0.05, 0.1) is 17.6 Å². The van der Waals surface area contributed by atoms with Gasteiger partial charge in [-0.2, -0.15) is 0 Å². The van der Waals surface area contributed by atoms with E-state index < -0.39 is 27.6 Å². The van der Waals surface area contributed by atoms with Gasteiger partial charge < -0.3 is 5.11 Å². The number of nitrogens with zero attached hydrogens (tertiary/aromatic N) is 1. The summed E-state index contributed by atoms with van der Waals surface area (Å²) in [5, 5.41) is 9.96. The van der Waals surface area contributed by atoms with E-state index >= 15 is 0 Å². The number of hydrogen-bond donors (Lipinski definition) is 1. The molecule has 1 aromatic carbocycles. The molecule has 2 aliphatic heterocycles. The summed E-state index contributed by atoms with van der Waals surface area (Å²) < 4.78 is 49.6. The number of likely N-dealkylation sites (tertiary alicyclic amines) is 1. The fraction of sp³-hybridized carbons (Fsp3) is 0.625. The van der Waals surface area contributed by atoms with Crippen LogP contribution in [0.3, 0.4) is 0 Å². The third-order valence-corrected chi connectivity index (χ3v) is 6.59. The molecular weight excluding hydrogens is 324 g/mol. The van der Waals surface area contributed by atoms with Crippen molar-refractivity contribution >= 4 is 9.84 Å². The van der Waals surface area contributed by atoms with E-state index in [0.717, 1.165) is 6.07 Å². The fourth-order valence-corrected chi connectivity index (χ4v) is 5.19. The summed E-state index contributed by atoms with van der Waals surface area (Å²) in [6.45, 7) is 1.16. The first-order chi connectivity index (χ1) is 10.8. The topological polar surface area (TPSA) is 57.6 Å². The van der Waals surface area contributed by atoms with Crippen molar-refractivity contribution in [2.75, 3.05) is 24.6 Å². The van der Waals surface area contributed by atoms with Gasteiger partial charge >= 0.3 is 0 Å². The standard InChI is InChI=1S/C16H21F2NO3S/c17-14-2-1-12(7-15(14)18)16-8-13(20)10-19(16)9-11-3-5-23(21,22)6-4-11/h1-2,7,11,13,16,20H,3-6,8-10H2/t13-,16-/m0/s1. The Hall–Kier alpha value is -1.05. The van der Waals surface area contributed by atoms with Crippen LogP contribution < -0.4 is 0 Å². The highest BCUT2D eigenvalue weighted by Crippen LogP contribution is 2.34.